The molecule has 280 valence electrons. The molecule has 4 heteroatoms. The van der Waals surface area contributed by atoms with Crippen LogP contribution in [0.3, 0.4) is 0 Å². The summed E-state index contributed by atoms with van der Waals surface area (Å²) in [5, 5.41) is 5.05. The Labute approximate surface area is 352 Å². The molecule has 0 fully saturated rings. The summed E-state index contributed by atoms with van der Waals surface area (Å²) in [5.74, 6) is 0. The van der Waals surface area contributed by atoms with E-state index in [1.165, 1.54) is 91.2 Å². The molecule has 0 N–H and O–H groups in total. The summed E-state index contributed by atoms with van der Waals surface area (Å²) in [6.07, 6.45) is 0. The van der Waals surface area contributed by atoms with Crippen molar-refractivity contribution in [2.24, 2.45) is 0 Å². The molecule has 12 rings (SSSR count). The first-order valence-electron chi connectivity index (χ1n) is 20.2. The van der Waals surface area contributed by atoms with E-state index >= 15 is 0 Å². The number of anilines is 3. The molecule has 0 amide bonds. The molecule has 0 saturated carbocycles. The molecule has 1 aliphatic heterocycles. The minimum absolute atomic E-state index is 0.0896. The molecule has 2 aliphatic rings. The molecule has 2 heterocycles. The summed E-state index contributed by atoms with van der Waals surface area (Å²) in [6, 6.07) is 71.6. The van der Waals surface area contributed by atoms with Gasteiger partial charge in [0.1, 0.15) is 0 Å². The molecule has 1 aromatic heterocycles. The molecular formula is C55H38N2S2. The predicted octanol–water partition coefficient (Wildman–Crippen LogP) is 16.0. The Kier molecular flexibility index (Phi) is 7.78. The van der Waals surface area contributed by atoms with E-state index in [4.69, 9.17) is 0 Å². The summed E-state index contributed by atoms with van der Waals surface area (Å²) >= 11 is 3.78. The van der Waals surface area contributed by atoms with Gasteiger partial charge < -0.3 is 9.47 Å². The number of benzene rings is 9. The zero-order valence-electron chi connectivity index (χ0n) is 32.7. The highest BCUT2D eigenvalue weighted by Crippen LogP contribution is 2.54. The average Bonchev–Trinajstić information content (AvgIpc) is 3.71. The Morgan fingerprint density at radius 1 is 0.424 bits per heavy atom. The summed E-state index contributed by atoms with van der Waals surface area (Å²) in [7, 11) is 0. The number of aromatic nitrogens is 1. The van der Waals surface area contributed by atoms with Gasteiger partial charge in [0, 0.05) is 58.2 Å². The van der Waals surface area contributed by atoms with Crippen molar-refractivity contribution in [3.05, 3.63) is 205 Å². The number of fused-ring (bicyclic) bond motifs is 9. The van der Waals surface area contributed by atoms with E-state index in [2.05, 4.69) is 217 Å². The predicted molar refractivity (Wildman–Crippen MR) is 251 cm³/mol. The van der Waals surface area contributed by atoms with Crippen molar-refractivity contribution in [2.75, 3.05) is 4.90 Å². The Balaban J connectivity index is 0.971. The number of hydrogen-bond acceptors (Lipinski definition) is 3. The van der Waals surface area contributed by atoms with Crippen LogP contribution in [0.15, 0.2) is 214 Å². The van der Waals surface area contributed by atoms with Crippen LogP contribution in [0.1, 0.15) is 25.0 Å². The fourth-order valence-corrected chi connectivity index (χ4v) is 11.8. The maximum Gasteiger partial charge on any atom is 0.0553 e. The van der Waals surface area contributed by atoms with E-state index in [-0.39, 0.29) is 5.41 Å². The van der Waals surface area contributed by atoms with Gasteiger partial charge in [0.15, 0.2) is 0 Å². The quantitative estimate of drug-likeness (QED) is 0.172. The lowest BCUT2D eigenvalue weighted by atomic mass is 9.82. The molecule has 2 nitrogen and oxygen atoms in total. The van der Waals surface area contributed by atoms with Crippen LogP contribution >= 0.6 is 23.5 Å². The van der Waals surface area contributed by atoms with Crippen molar-refractivity contribution in [1.29, 1.82) is 0 Å². The third-order valence-corrected chi connectivity index (χ3v) is 15.0. The minimum atomic E-state index is -0.0896. The van der Waals surface area contributed by atoms with Crippen LogP contribution in [0.25, 0.3) is 60.5 Å². The van der Waals surface area contributed by atoms with Crippen LogP contribution in [0.2, 0.25) is 0 Å². The van der Waals surface area contributed by atoms with Crippen molar-refractivity contribution >= 4 is 73.2 Å². The van der Waals surface area contributed by atoms with Gasteiger partial charge in [-0.15, -0.1) is 0 Å². The van der Waals surface area contributed by atoms with Gasteiger partial charge in [-0.25, -0.2) is 0 Å². The third-order valence-electron chi connectivity index (χ3n) is 12.4. The zero-order chi connectivity index (χ0) is 39.2. The normalized spacial score (nSPS) is 13.6. The first-order chi connectivity index (χ1) is 29.0. The van der Waals surface area contributed by atoms with Gasteiger partial charge in [-0.3, -0.25) is 0 Å². The lowest BCUT2D eigenvalue weighted by molar-refractivity contribution is 0.661. The second-order valence-corrected chi connectivity index (χ2v) is 18.3. The summed E-state index contributed by atoms with van der Waals surface area (Å²) in [6.45, 7) is 4.75. The number of para-hydroxylation sites is 1. The highest BCUT2D eigenvalue weighted by Gasteiger charge is 2.36. The van der Waals surface area contributed by atoms with Crippen LogP contribution in [-0.2, 0) is 5.41 Å². The molecule has 1 aliphatic carbocycles. The highest BCUT2D eigenvalue weighted by atomic mass is 32.2. The molecule has 9 aromatic carbocycles. The SMILES string of the molecule is CC1(C)c2ccccc2-c2cc3c4cc5c(cc4n(-c4ccc(-c6ccc(N(c7ccccc7)c7cccc8ccccc78)cc6)cc4)c3cc21)Sc1ccccc1S5. The number of nitrogens with zero attached hydrogens (tertiary/aromatic N) is 2. The van der Waals surface area contributed by atoms with Crippen molar-refractivity contribution in [3.63, 3.8) is 0 Å². The monoisotopic (exact) mass is 790 g/mol. The average molecular weight is 791 g/mol. The van der Waals surface area contributed by atoms with Gasteiger partial charge in [0.25, 0.3) is 0 Å². The lowest BCUT2D eigenvalue weighted by Gasteiger charge is -2.27. The molecule has 10 aromatic rings. The highest BCUT2D eigenvalue weighted by molar-refractivity contribution is 8.05. The van der Waals surface area contributed by atoms with E-state index in [0.717, 1.165) is 17.1 Å². The van der Waals surface area contributed by atoms with Crippen LogP contribution in [0.5, 0.6) is 0 Å². The first-order valence-corrected chi connectivity index (χ1v) is 21.9. The molecule has 0 bridgehead atoms. The van der Waals surface area contributed by atoms with Crippen molar-refractivity contribution in [3.8, 4) is 27.9 Å². The smallest absolute Gasteiger partial charge is 0.0553 e. The van der Waals surface area contributed by atoms with Gasteiger partial charge in [-0.05, 0) is 118 Å². The number of rotatable bonds is 5. The molecule has 0 atom stereocenters. The van der Waals surface area contributed by atoms with Crippen LogP contribution in [0.4, 0.5) is 17.1 Å². The molecule has 0 radical (unpaired) electrons. The summed E-state index contributed by atoms with van der Waals surface area (Å²) in [4.78, 5) is 7.65. The van der Waals surface area contributed by atoms with Crippen LogP contribution in [-0.4, -0.2) is 4.57 Å². The maximum absolute atomic E-state index is 2.50. The van der Waals surface area contributed by atoms with E-state index < -0.39 is 0 Å². The molecular weight excluding hydrogens is 753 g/mol. The van der Waals surface area contributed by atoms with E-state index in [1.807, 2.05) is 23.5 Å². The zero-order valence-corrected chi connectivity index (χ0v) is 34.3. The Bertz CT molecular complexity index is 3280. The molecule has 0 spiro atoms. The fraction of sp³-hybridized carbons (Fsp3) is 0.0545. The van der Waals surface area contributed by atoms with Gasteiger partial charge in [0.2, 0.25) is 0 Å². The minimum Gasteiger partial charge on any atom is -0.310 e. The topological polar surface area (TPSA) is 8.17 Å². The largest absolute Gasteiger partial charge is 0.310 e. The van der Waals surface area contributed by atoms with Crippen molar-refractivity contribution < 1.29 is 0 Å². The maximum atomic E-state index is 2.50. The van der Waals surface area contributed by atoms with E-state index in [0.29, 0.717) is 0 Å². The molecule has 0 saturated heterocycles. The van der Waals surface area contributed by atoms with Crippen molar-refractivity contribution in [2.45, 2.75) is 38.8 Å². The third kappa shape index (κ3) is 5.44. The lowest BCUT2D eigenvalue weighted by Crippen LogP contribution is -2.14. The Morgan fingerprint density at radius 2 is 1.02 bits per heavy atom. The standard InChI is InChI=1S/C55H38N2S2/c1-55(2)46-19-9-8-18-42(46)43-31-44-45-32-53-54(59-52-22-11-10-21-51(52)58-53)34-50(45)57(49(44)33-47(43)55)40-29-25-36(26-30-40)35-23-27-39(28-24-35)56(38-15-4-3-5-16-38)48-20-12-14-37-13-6-7-17-41(37)48/h3-34H,1-2H3. The van der Waals surface area contributed by atoms with E-state index in [9.17, 15) is 0 Å². The Hall–Kier alpha value is -6.46. The van der Waals surface area contributed by atoms with Crippen LogP contribution in [0, 0.1) is 0 Å². The van der Waals surface area contributed by atoms with Gasteiger partial charge >= 0.3 is 0 Å². The molecule has 59 heavy (non-hydrogen) atoms. The van der Waals surface area contributed by atoms with Crippen LogP contribution < -0.4 is 4.90 Å². The number of hydrogen-bond donors (Lipinski definition) is 0. The van der Waals surface area contributed by atoms with E-state index in [1.54, 1.807) is 0 Å². The second-order valence-electron chi connectivity index (χ2n) is 16.2. The summed E-state index contributed by atoms with van der Waals surface area (Å²) < 4.78 is 2.50. The van der Waals surface area contributed by atoms with Gasteiger partial charge in [0.05, 0.1) is 16.7 Å². The van der Waals surface area contributed by atoms with Gasteiger partial charge in [-0.2, -0.15) is 0 Å². The second kappa shape index (κ2) is 13.3. The first kappa shape index (κ1) is 34.6. The fourth-order valence-electron chi connectivity index (χ4n) is 9.52. The Morgan fingerprint density at radius 3 is 1.80 bits per heavy atom. The van der Waals surface area contributed by atoms with Gasteiger partial charge in [-0.1, -0.05) is 153 Å². The molecule has 0 unspecified atom stereocenters. The summed E-state index contributed by atoms with van der Waals surface area (Å²) in [5.41, 5.74) is 14.9. The van der Waals surface area contributed by atoms with Crippen molar-refractivity contribution in [1.82, 2.24) is 4.57 Å².